The van der Waals surface area contributed by atoms with E-state index in [1.165, 1.54) is 7.11 Å². The average Bonchev–Trinajstić information content (AvgIpc) is 2.77. The molecule has 1 heterocycles. The molecule has 0 fully saturated rings. The highest BCUT2D eigenvalue weighted by Gasteiger charge is 2.13. The summed E-state index contributed by atoms with van der Waals surface area (Å²) in [6.45, 7) is 2.37. The van der Waals surface area contributed by atoms with Crippen LogP contribution >= 0.6 is 11.6 Å². The Morgan fingerprint density at radius 2 is 2.33 bits per heavy atom. The zero-order chi connectivity index (χ0) is 13.1. The van der Waals surface area contributed by atoms with Crippen LogP contribution in [-0.4, -0.2) is 24.1 Å². The van der Waals surface area contributed by atoms with Crippen molar-refractivity contribution in [1.82, 2.24) is 10.3 Å². The molecule has 2 aromatic rings. The second kappa shape index (κ2) is 5.42. The predicted molar refractivity (Wildman–Crippen MR) is 71.6 cm³/mol. The van der Waals surface area contributed by atoms with Crippen molar-refractivity contribution in [2.75, 3.05) is 7.11 Å². The van der Waals surface area contributed by atoms with E-state index in [4.69, 9.17) is 11.6 Å². The molecule has 0 aliphatic rings. The Balaban J connectivity index is 2.10. The first-order valence-electron chi connectivity index (χ1n) is 5.68. The van der Waals surface area contributed by atoms with Gasteiger partial charge in [0, 0.05) is 28.7 Å². The number of aromatic amines is 1. The van der Waals surface area contributed by atoms with E-state index < -0.39 is 0 Å². The Hall–Kier alpha value is -1.52. The largest absolute Gasteiger partial charge is 0.468 e. The van der Waals surface area contributed by atoms with Crippen LogP contribution in [0.1, 0.15) is 12.5 Å². The zero-order valence-corrected chi connectivity index (χ0v) is 11.0. The highest BCUT2D eigenvalue weighted by Crippen LogP contribution is 2.21. The number of rotatable bonds is 4. The number of hydrogen-bond donors (Lipinski definition) is 2. The number of H-pyrrole nitrogens is 1. The molecule has 18 heavy (non-hydrogen) atoms. The molecule has 2 rings (SSSR count). The van der Waals surface area contributed by atoms with E-state index in [-0.39, 0.29) is 12.0 Å². The molecule has 0 amide bonds. The predicted octanol–water partition coefficient (Wildman–Crippen LogP) is 2.47. The van der Waals surface area contributed by atoms with E-state index in [2.05, 4.69) is 15.0 Å². The molecule has 0 saturated heterocycles. The molecule has 0 spiro atoms. The first kappa shape index (κ1) is 12.9. The summed E-state index contributed by atoms with van der Waals surface area (Å²) in [5.41, 5.74) is 2.09. The SMILES string of the molecule is COC(=O)[C@H](C)NCc1c[nH]c2cc(Cl)ccc12. The van der Waals surface area contributed by atoms with Crippen LogP contribution in [0.5, 0.6) is 0 Å². The van der Waals surface area contributed by atoms with Crippen molar-refractivity contribution in [3.63, 3.8) is 0 Å². The quantitative estimate of drug-likeness (QED) is 0.836. The summed E-state index contributed by atoms with van der Waals surface area (Å²) < 4.78 is 4.66. The molecule has 1 atom stereocenters. The molecule has 0 unspecified atom stereocenters. The Bertz CT molecular complexity index is 565. The fourth-order valence-electron chi connectivity index (χ4n) is 1.83. The number of nitrogens with one attached hydrogen (secondary N) is 2. The van der Waals surface area contributed by atoms with Crippen molar-refractivity contribution in [2.45, 2.75) is 19.5 Å². The monoisotopic (exact) mass is 266 g/mol. The number of carbonyl (C=O) groups excluding carboxylic acids is 1. The van der Waals surface area contributed by atoms with Crippen LogP contribution in [0.25, 0.3) is 10.9 Å². The van der Waals surface area contributed by atoms with Gasteiger partial charge in [-0.1, -0.05) is 17.7 Å². The van der Waals surface area contributed by atoms with E-state index in [1.807, 2.05) is 24.4 Å². The van der Waals surface area contributed by atoms with Gasteiger partial charge in [-0.15, -0.1) is 0 Å². The zero-order valence-electron chi connectivity index (χ0n) is 10.3. The number of aromatic nitrogens is 1. The summed E-state index contributed by atoms with van der Waals surface area (Å²) in [5.74, 6) is -0.266. The summed E-state index contributed by atoms with van der Waals surface area (Å²) in [6.07, 6.45) is 1.91. The lowest BCUT2D eigenvalue weighted by molar-refractivity contribution is -0.142. The fourth-order valence-corrected chi connectivity index (χ4v) is 2.00. The standard InChI is InChI=1S/C13H15ClN2O2/c1-8(13(17)18-2)15-6-9-7-16-12-5-10(14)3-4-11(9)12/h3-5,7-8,15-16H,6H2,1-2H3/t8-/m0/s1. The maximum absolute atomic E-state index is 11.3. The Kier molecular flexibility index (Phi) is 3.89. The topological polar surface area (TPSA) is 54.1 Å². The number of carbonyl (C=O) groups is 1. The fraction of sp³-hybridized carbons (Fsp3) is 0.308. The molecule has 1 aromatic carbocycles. The van der Waals surface area contributed by atoms with Gasteiger partial charge in [-0.2, -0.15) is 0 Å². The minimum Gasteiger partial charge on any atom is -0.468 e. The van der Waals surface area contributed by atoms with Gasteiger partial charge < -0.3 is 15.0 Å². The highest BCUT2D eigenvalue weighted by atomic mass is 35.5. The van der Waals surface area contributed by atoms with E-state index in [0.29, 0.717) is 11.6 Å². The maximum Gasteiger partial charge on any atom is 0.322 e. The first-order valence-corrected chi connectivity index (χ1v) is 6.06. The van der Waals surface area contributed by atoms with Crippen molar-refractivity contribution in [1.29, 1.82) is 0 Å². The third-order valence-electron chi connectivity index (χ3n) is 2.88. The second-order valence-electron chi connectivity index (χ2n) is 4.13. The summed E-state index contributed by atoms with van der Waals surface area (Å²) in [7, 11) is 1.38. The summed E-state index contributed by atoms with van der Waals surface area (Å²) in [5, 5.41) is 4.92. The third-order valence-corrected chi connectivity index (χ3v) is 3.12. The van der Waals surface area contributed by atoms with Crippen molar-refractivity contribution in [2.24, 2.45) is 0 Å². The summed E-state index contributed by atoms with van der Waals surface area (Å²) in [6, 6.07) is 5.37. The third kappa shape index (κ3) is 2.66. The van der Waals surface area contributed by atoms with E-state index in [9.17, 15) is 4.79 Å². The van der Waals surface area contributed by atoms with Crippen molar-refractivity contribution < 1.29 is 9.53 Å². The number of ether oxygens (including phenoxy) is 1. The van der Waals surface area contributed by atoms with E-state index in [1.54, 1.807) is 6.92 Å². The molecule has 4 nitrogen and oxygen atoms in total. The summed E-state index contributed by atoms with van der Waals surface area (Å²) in [4.78, 5) is 14.4. The van der Waals surface area contributed by atoms with Gasteiger partial charge in [0.25, 0.3) is 0 Å². The molecule has 2 N–H and O–H groups in total. The highest BCUT2D eigenvalue weighted by molar-refractivity contribution is 6.31. The van der Waals surface area contributed by atoms with Crippen molar-refractivity contribution in [3.05, 3.63) is 35.0 Å². The molecule has 1 aromatic heterocycles. The molecule has 5 heteroatoms. The van der Waals surface area contributed by atoms with Crippen LogP contribution in [0.2, 0.25) is 5.02 Å². The maximum atomic E-state index is 11.3. The van der Waals surface area contributed by atoms with E-state index in [0.717, 1.165) is 16.5 Å². The molecule has 0 aliphatic carbocycles. The smallest absolute Gasteiger partial charge is 0.322 e. The molecular formula is C13H15ClN2O2. The number of fused-ring (bicyclic) bond motifs is 1. The molecule has 0 saturated carbocycles. The van der Waals surface area contributed by atoms with Crippen LogP contribution in [0.4, 0.5) is 0 Å². The first-order chi connectivity index (χ1) is 8.61. The van der Waals surface area contributed by atoms with Crippen molar-refractivity contribution >= 4 is 28.5 Å². The summed E-state index contributed by atoms with van der Waals surface area (Å²) >= 11 is 5.92. The second-order valence-corrected chi connectivity index (χ2v) is 4.57. The number of hydrogen-bond acceptors (Lipinski definition) is 3. The van der Waals surface area contributed by atoms with Gasteiger partial charge in [0.05, 0.1) is 7.11 Å². The van der Waals surface area contributed by atoms with Gasteiger partial charge in [-0.3, -0.25) is 4.79 Å². The minimum atomic E-state index is -0.327. The van der Waals surface area contributed by atoms with Gasteiger partial charge in [0.15, 0.2) is 0 Å². The molecule has 0 bridgehead atoms. The molecular weight excluding hydrogens is 252 g/mol. The minimum absolute atomic E-state index is 0.266. The average molecular weight is 267 g/mol. The van der Waals surface area contributed by atoms with Gasteiger partial charge in [0.1, 0.15) is 6.04 Å². The Morgan fingerprint density at radius 3 is 3.06 bits per heavy atom. The Morgan fingerprint density at radius 1 is 1.56 bits per heavy atom. The molecule has 0 radical (unpaired) electrons. The number of esters is 1. The van der Waals surface area contributed by atoms with Crippen LogP contribution in [0.3, 0.4) is 0 Å². The number of halogens is 1. The van der Waals surface area contributed by atoms with Crippen LogP contribution < -0.4 is 5.32 Å². The number of benzene rings is 1. The van der Waals surface area contributed by atoms with Crippen molar-refractivity contribution in [3.8, 4) is 0 Å². The van der Waals surface area contributed by atoms with Crippen LogP contribution in [-0.2, 0) is 16.1 Å². The molecule has 0 aliphatic heterocycles. The lowest BCUT2D eigenvalue weighted by Crippen LogP contribution is -2.34. The van der Waals surface area contributed by atoms with Crippen LogP contribution in [0.15, 0.2) is 24.4 Å². The lowest BCUT2D eigenvalue weighted by atomic mass is 10.1. The van der Waals surface area contributed by atoms with Gasteiger partial charge in [-0.05, 0) is 24.6 Å². The lowest BCUT2D eigenvalue weighted by Gasteiger charge is -2.10. The molecule has 96 valence electrons. The van der Waals surface area contributed by atoms with E-state index >= 15 is 0 Å². The van der Waals surface area contributed by atoms with Crippen LogP contribution in [0, 0.1) is 0 Å². The van der Waals surface area contributed by atoms with Gasteiger partial charge in [-0.25, -0.2) is 0 Å². The normalized spacial score (nSPS) is 12.6. The Labute approximate surface area is 110 Å². The number of methoxy groups -OCH3 is 1. The van der Waals surface area contributed by atoms with Gasteiger partial charge in [0.2, 0.25) is 0 Å². The van der Waals surface area contributed by atoms with Gasteiger partial charge >= 0.3 is 5.97 Å².